The van der Waals surface area contributed by atoms with Crippen molar-refractivity contribution in [3.05, 3.63) is 35.1 Å². The van der Waals surface area contributed by atoms with Gasteiger partial charge in [0.05, 0.1) is 5.92 Å². The van der Waals surface area contributed by atoms with Gasteiger partial charge in [0.2, 0.25) is 0 Å². The Balaban J connectivity index is 3.47. The van der Waals surface area contributed by atoms with Crippen LogP contribution < -0.4 is 0 Å². The van der Waals surface area contributed by atoms with Gasteiger partial charge in [-0.3, -0.25) is 14.4 Å². The van der Waals surface area contributed by atoms with Gasteiger partial charge >= 0.3 is 0 Å². The van der Waals surface area contributed by atoms with Crippen LogP contribution in [0.3, 0.4) is 0 Å². The highest BCUT2D eigenvalue weighted by atomic mass is 16.3. The molecule has 2 atom stereocenters. The van der Waals surface area contributed by atoms with Gasteiger partial charge in [-0.2, -0.15) is 0 Å². The van der Waals surface area contributed by atoms with Gasteiger partial charge < -0.3 is 10.2 Å². The van der Waals surface area contributed by atoms with Gasteiger partial charge in [-0.15, -0.1) is 0 Å². The van der Waals surface area contributed by atoms with Crippen molar-refractivity contribution < 1.29 is 24.6 Å². The Bertz CT molecular complexity index is 660. The molecule has 5 nitrogen and oxygen atoms in total. The van der Waals surface area contributed by atoms with Gasteiger partial charge in [0.15, 0.2) is 23.0 Å². The Morgan fingerprint density at radius 1 is 1.20 bits per heavy atom. The smallest absolute Gasteiger partial charge is 0.195 e. The minimum atomic E-state index is -2.39. The lowest BCUT2D eigenvalue weighted by molar-refractivity contribution is -0.140. The van der Waals surface area contributed by atoms with Crippen LogP contribution >= 0.6 is 0 Å². The van der Waals surface area contributed by atoms with E-state index in [0.717, 1.165) is 5.57 Å². The normalized spacial score (nSPS) is 23.9. The number of ketones is 3. The van der Waals surface area contributed by atoms with Gasteiger partial charge in [-0.05, 0) is 32.3 Å². The number of rotatable bonds is 7. The number of carbonyl (C=O) groups excluding carboxylic acids is 3. The van der Waals surface area contributed by atoms with Gasteiger partial charge in [0.1, 0.15) is 11.3 Å². The van der Waals surface area contributed by atoms with E-state index < -0.39 is 46.1 Å². The Kier molecular flexibility index (Phi) is 6.66. The molecular formula is C20H28O5. The summed E-state index contributed by atoms with van der Waals surface area (Å²) in [5.41, 5.74) is -1.94. The van der Waals surface area contributed by atoms with Crippen molar-refractivity contribution >= 4 is 17.3 Å². The summed E-state index contributed by atoms with van der Waals surface area (Å²) in [7, 11) is 0. The zero-order valence-corrected chi connectivity index (χ0v) is 15.8. The average Bonchev–Trinajstić information content (AvgIpc) is 2.69. The number of hydrogen-bond donors (Lipinski definition) is 2. The van der Waals surface area contributed by atoms with Crippen molar-refractivity contribution in [3.8, 4) is 0 Å². The van der Waals surface area contributed by atoms with Crippen molar-refractivity contribution in [2.75, 3.05) is 0 Å². The molecule has 1 rings (SSSR count). The van der Waals surface area contributed by atoms with E-state index in [-0.39, 0.29) is 12.3 Å². The standard InChI is InChI=1S/C20H28O5/c1-11(2)7-9-14-18(23)16(17(22)13(5)6)19(24)20(14,25)15(21)10-8-12(3)4/h7-8,10,12-14,24-25H,9H2,1-6H3/b10-8+/t14?,20-/m1/s1. The second-order valence-corrected chi connectivity index (χ2v) is 7.41. The van der Waals surface area contributed by atoms with Gasteiger partial charge in [0.25, 0.3) is 0 Å². The number of carbonyl (C=O) groups is 3. The second kappa shape index (κ2) is 7.91. The van der Waals surface area contributed by atoms with Gasteiger partial charge in [-0.25, -0.2) is 0 Å². The fraction of sp³-hybridized carbons (Fsp3) is 0.550. The summed E-state index contributed by atoms with van der Waals surface area (Å²) in [4.78, 5) is 37.7. The highest BCUT2D eigenvalue weighted by Gasteiger charge is 2.58. The predicted octanol–water partition coefficient (Wildman–Crippen LogP) is 3.09. The van der Waals surface area contributed by atoms with Gasteiger partial charge in [-0.1, -0.05) is 45.4 Å². The number of aliphatic hydroxyl groups is 2. The average molecular weight is 348 g/mol. The SMILES string of the molecule is CC(C)=CCC1C(=O)C(C(=O)C(C)C)=C(O)[C@]1(O)C(=O)/C=C/C(C)C. The Morgan fingerprint density at radius 2 is 1.76 bits per heavy atom. The molecule has 0 aromatic rings. The largest absolute Gasteiger partial charge is 0.508 e. The fourth-order valence-corrected chi connectivity index (χ4v) is 2.69. The summed E-state index contributed by atoms with van der Waals surface area (Å²) in [5.74, 6) is -4.53. The van der Waals surface area contributed by atoms with Crippen molar-refractivity contribution in [1.82, 2.24) is 0 Å². The molecule has 0 spiro atoms. The van der Waals surface area contributed by atoms with Crippen molar-refractivity contribution in [2.45, 2.75) is 53.6 Å². The number of allylic oxidation sites excluding steroid dienone is 4. The van der Waals surface area contributed by atoms with Crippen LogP contribution in [0.25, 0.3) is 0 Å². The molecule has 0 heterocycles. The summed E-state index contributed by atoms with van der Waals surface area (Å²) in [5, 5.41) is 21.5. The molecule has 1 unspecified atom stereocenters. The molecule has 0 saturated heterocycles. The fourth-order valence-electron chi connectivity index (χ4n) is 2.69. The van der Waals surface area contributed by atoms with Crippen LogP contribution in [-0.2, 0) is 14.4 Å². The first-order valence-electron chi connectivity index (χ1n) is 8.55. The maximum Gasteiger partial charge on any atom is 0.195 e. The molecule has 0 aromatic carbocycles. The van der Waals surface area contributed by atoms with Crippen molar-refractivity contribution in [3.63, 3.8) is 0 Å². The third-order valence-corrected chi connectivity index (χ3v) is 4.21. The van der Waals surface area contributed by atoms with E-state index in [2.05, 4.69) is 0 Å². The van der Waals surface area contributed by atoms with Crippen LogP contribution in [0.1, 0.15) is 48.0 Å². The van der Waals surface area contributed by atoms with Crippen molar-refractivity contribution in [2.24, 2.45) is 17.8 Å². The Morgan fingerprint density at radius 3 is 2.20 bits per heavy atom. The Hall–Kier alpha value is -2.01. The van der Waals surface area contributed by atoms with Crippen LogP contribution in [0.2, 0.25) is 0 Å². The van der Waals surface area contributed by atoms with E-state index >= 15 is 0 Å². The second-order valence-electron chi connectivity index (χ2n) is 7.41. The lowest BCUT2D eigenvalue weighted by Gasteiger charge is -2.26. The maximum absolute atomic E-state index is 12.7. The van der Waals surface area contributed by atoms with Crippen LogP contribution in [0.4, 0.5) is 0 Å². The lowest BCUT2D eigenvalue weighted by atomic mass is 9.82. The van der Waals surface area contributed by atoms with E-state index in [1.807, 2.05) is 27.7 Å². The molecule has 0 aromatic heterocycles. The third kappa shape index (κ3) is 4.15. The first-order chi connectivity index (χ1) is 11.4. The van der Waals surface area contributed by atoms with Crippen molar-refractivity contribution in [1.29, 1.82) is 0 Å². The molecule has 0 fully saturated rings. The van der Waals surface area contributed by atoms with Crippen LogP contribution in [0.5, 0.6) is 0 Å². The monoisotopic (exact) mass is 348 g/mol. The Labute approximate surface area is 149 Å². The van der Waals surface area contributed by atoms with E-state index in [1.54, 1.807) is 26.0 Å². The molecule has 0 amide bonds. The van der Waals surface area contributed by atoms with Crippen LogP contribution in [-0.4, -0.2) is 33.2 Å². The van der Waals surface area contributed by atoms with E-state index in [4.69, 9.17) is 0 Å². The number of aliphatic hydroxyl groups excluding tert-OH is 1. The topological polar surface area (TPSA) is 91.7 Å². The van der Waals surface area contributed by atoms with Gasteiger partial charge in [0, 0.05) is 5.92 Å². The first-order valence-corrected chi connectivity index (χ1v) is 8.55. The van der Waals surface area contributed by atoms with Crippen LogP contribution in [0, 0.1) is 17.8 Å². The number of hydrogen-bond acceptors (Lipinski definition) is 5. The zero-order valence-electron chi connectivity index (χ0n) is 15.8. The minimum absolute atomic E-state index is 0.0591. The molecule has 25 heavy (non-hydrogen) atoms. The van der Waals surface area contributed by atoms with E-state index in [9.17, 15) is 24.6 Å². The van der Waals surface area contributed by atoms with Crippen LogP contribution in [0.15, 0.2) is 35.1 Å². The minimum Gasteiger partial charge on any atom is -0.508 e. The quantitative estimate of drug-likeness (QED) is 0.419. The molecule has 0 saturated carbocycles. The highest BCUT2D eigenvalue weighted by Crippen LogP contribution is 2.41. The predicted molar refractivity (Wildman–Crippen MR) is 96.0 cm³/mol. The first kappa shape index (κ1) is 21.0. The summed E-state index contributed by atoms with van der Waals surface area (Å²) >= 11 is 0. The molecule has 0 aliphatic heterocycles. The zero-order chi connectivity index (χ0) is 19.5. The third-order valence-electron chi connectivity index (χ3n) is 4.21. The number of Topliss-reactive ketones (excluding diaryl/α,β-unsaturated/α-hetero) is 2. The lowest BCUT2D eigenvalue weighted by Crippen LogP contribution is -2.45. The molecule has 1 aliphatic rings. The molecule has 5 heteroatoms. The molecule has 1 aliphatic carbocycles. The summed E-state index contributed by atoms with van der Waals surface area (Å²) in [6.07, 6.45) is 4.53. The summed E-state index contributed by atoms with van der Waals surface area (Å²) in [6, 6.07) is 0. The highest BCUT2D eigenvalue weighted by molar-refractivity contribution is 6.27. The van der Waals surface area contributed by atoms with E-state index in [0.29, 0.717) is 0 Å². The summed E-state index contributed by atoms with van der Waals surface area (Å²) < 4.78 is 0. The molecule has 0 bridgehead atoms. The summed E-state index contributed by atoms with van der Waals surface area (Å²) in [6.45, 7) is 10.6. The molecular weight excluding hydrogens is 320 g/mol. The molecule has 0 radical (unpaired) electrons. The molecule has 2 N–H and O–H groups in total. The molecule has 138 valence electrons. The maximum atomic E-state index is 12.7. The van der Waals surface area contributed by atoms with E-state index in [1.165, 1.54) is 6.08 Å².